The predicted octanol–water partition coefficient (Wildman–Crippen LogP) is 6.33. The monoisotopic (exact) mass is 627 g/mol. The first kappa shape index (κ1) is 33.6. The molecule has 246 valence electrons. The summed E-state index contributed by atoms with van der Waals surface area (Å²) in [4.78, 5) is 31.8. The van der Waals surface area contributed by atoms with Gasteiger partial charge in [0.2, 0.25) is 5.91 Å². The van der Waals surface area contributed by atoms with E-state index in [1.54, 1.807) is 12.0 Å². The van der Waals surface area contributed by atoms with E-state index < -0.39 is 11.5 Å². The Morgan fingerprint density at radius 1 is 1.07 bits per heavy atom. The number of amides is 2. The molecule has 1 saturated carbocycles. The number of nitrogens with zero attached hydrogens (tertiary/aromatic N) is 3. The number of unbranched alkanes of at least 4 members (excludes halogenated alkanes) is 1. The molecular weight excluding hydrogens is 578 g/mol. The summed E-state index contributed by atoms with van der Waals surface area (Å²) < 4.78 is 13.3. The highest BCUT2D eigenvalue weighted by Gasteiger charge is 2.43. The van der Waals surface area contributed by atoms with Gasteiger partial charge in [-0.25, -0.2) is 4.79 Å². The highest BCUT2D eigenvalue weighted by molar-refractivity contribution is 5.86. The van der Waals surface area contributed by atoms with Crippen LogP contribution in [0.5, 0.6) is 0 Å². The summed E-state index contributed by atoms with van der Waals surface area (Å²) in [6, 6.07) is 16.8. The molecule has 5 rings (SSSR count). The molecule has 8 heteroatoms. The van der Waals surface area contributed by atoms with E-state index in [2.05, 4.69) is 63.9 Å². The van der Waals surface area contributed by atoms with Crippen LogP contribution in [0.4, 0.5) is 4.79 Å². The van der Waals surface area contributed by atoms with Gasteiger partial charge in [0.25, 0.3) is 0 Å². The summed E-state index contributed by atoms with van der Waals surface area (Å²) >= 11 is 0. The van der Waals surface area contributed by atoms with Crippen molar-refractivity contribution in [3.05, 3.63) is 71.4 Å². The van der Waals surface area contributed by atoms with Gasteiger partial charge < -0.3 is 28.9 Å². The van der Waals surface area contributed by atoms with Crippen LogP contribution in [0.25, 0.3) is 10.9 Å². The van der Waals surface area contributed by atoms with Crippen molar-refractivity contribution >= 4 is 22.9 Å². The lowest BCUT2D eigenvalue weighted by molar-refractivity contribution is -0.139. The molecule has 0 unspecified atom stereocenters. The number of hydrogen-bond acceptors (Lipinski definition) is 5. The number of fused-ring (bicyclic) bond motifs is 1. The number of carbonyl (C=O) groups excluding carboxylic acids is 2. The first-order valence-electron chi connectivity index (χ1n) is 16.7. The third-order valence-corrected chi connectivity index (χ3v) is 8.82. The van der Waals surface area contributed by atoms with Crippen LogP contribution >= 0.6 is 0 Å². The lowest BCUT2D eigenvalue weighted by Gasteiger charge is -2.40. The summed E-state index contributed by atoms with van der Waals surface area (Å²) in [5.41, 5.74) is 3.66. The zero-order valence-electron chi connectivity index (χ0n) is 27.8. The molecule has 1 aliphatic carbocycles. The molecule has 3 aromatic rings. The number of ether oxygens (including phenoxy) is 2. The van der Waals surface area contributed by atoms with E-state index in [1.165, 1.54) is 10.9 Å². The molecule has 1 aliphatic heterocycles. The van der Waals surface area contributed by atoms with E-state index >= 15 is 0 Å². The van der Waals surface area contributed by atoms with Crippen LogP contribution in [0.3, 0.4) is 0 Å². The van der Waals surface area contributed by atoms with Gasteiger partial charge in [0, 0.05) is 81.6 Å². The van der Waals surface area contributed by atoms with E-state index in [-0.39, 0.29) is 30.6 Å². The normalized spacial score (nSPS) is 18.2. The first-order valence-corrected chi connectivity index (χ1v) is 16.7. The standard InChI is InChI=1S/C38H49N3O5/c1-38(2,3)46-37(44)40-21-19-32(29-14-10-13-28(24-29)12-6-5-9-22-42)34(27-40)36(43)41(31-17-18-31)26-30-25-39(20-11-23-45-4)35-16-8-7-15-33(30)35/h7-8,10,13-16,24-25,31-32,34,42H,5,9,11,17-23,26-27H2,1-4H3/t32-,34+/m1/s1. The number of aromatic nitrogens is 1. The predicted molar refractivity (Wildman–Crippen MR) is 180 cm³/mol. The van der Waals surface area contributed by atoms with Gasteiger partial charge in [0.1, 0.15) is 5.60 Å². The fraction of sp³-hybridized carbons (Fsp3) is 0.526. The number of rotatable bonds is 11. The molecule has 1 N–H and O–H groups in total. The molecule has 2 aliphatic rings. The number of para-hydroxylation sites is 1. The molecular formula is C38H49N3O5. The number of carbonyl (C=O) groups is 2. The van der Waals surface area contributed by atoms with Crippen molar-refractivity contribution in [2.75, 3.05) is 33.4 Å². The minimum atomic E-state index is -0.617. The van der Waals surface area contributed by atoms with Gasteiger partial charge in [-0.2, -0.15) is 0 Å². The Morgan fingerprint density at radius 2 is 1.87 bits per heavy atom. The van der Waals surface area contributed by atoms with E-state index in [0.29, 0.717) is 45.5 Å². The second-order valence-corrected chi connectivity index (χ2v) is 13.6. The largest absolute Gasteiger partial charge is 0.444 e. The topological polar surface area (TPSA) is 84.2 Å². The lowest BCUT2D eigenvalue weighted by atomic mass is 9.79. The molecule has 2 fully saturated rings. The van der Waals surface area contributed by atoms with Crippen LogP contribution in [0.1, 0.15) is 81.9 Å². The fourth-order valence-corrected chi connectivity index (χ4v) is 6.46. The molecule has 2 heterocycles. The maximum Gasteiger partial charge on any atom is 0.410 e. The van der Waals surface area contributed by atoms with Gasteiger partial charge in [0.05, 0.1) is 5.92 Å². The second kappa shape index (κ2) is 15.2. The van der Waals surface area contributed by atoms with E-state index in [0.717, 1.165) is 42.5 Å². The third-order valence-electron chi connectivity index (χ3n) is 8.82. The molecule has 2 amide bonds. The molecule has 1 aromatic heterocycles. The van der Waals surface area contributed by atoms with Crippen molar-refractivity contribution in [1.82, 2.24) is 14.4 Å². The number of aliphatic hydroxyl groups is 1. The average molecular weight is 628 g/mol. The summed E-state index contributed by atoms with van der Waals surface area (Å²) in [7, 11) is 1.73. The molecule has 2 aromatic carbocycles. The Kier molecular flexibility index (Phi) is 11.1. The van der Waals surface area contributed by atoms with Gasteiger partial charge in [-0.1, -0.05) is 42.2 Å². The number of piperidine rings is 1. The van der Waals surface area contributed by atoms with Gasteiger partial charge in [-0.3, -0.25) is 4.79 Å². The van der Waals surface area contributed by atoms with Crippen LogP contribution in [-0.2, 0) is 27.4 Å². The summed E-state index contributed by atoms with van der Waals surface area (Å²) in [5, 5.41) is 10.3. The Labute approximate surface area is 273 Å². The fourth-order valence-electron chi connectivity index (χ4n) is 6.46. The maximum absolute atomic E-state index is 14.8. The van der Waals surface area contributed by atoms with Crippen LogP contribution in [0, 0.1) is 17.8 Å². The Balaban J connectivity index is 1.45. The van der Waals surface area contributed by atoms with E-state index in [9.17, 15) is 9.59 Å². The number of aliphatic hydroxyl groups excluding tert-OH is 1. The van der Waals surface area contributed by atoms with Gasteiger partial charge in [-0.05, 0) is 88.1 Å². The van der Waals surface area contributed by atoms with Crippen LogP contribution in [-0.4, -0.2) is 76.5 Å². The average Bonchev–Trinajstić information content (AvgIpc) is 3.83. The van der Waals surface area contributed by atoms with Gasteiger partial charge in [0.15, 0.2) is 0 Å². The third kappa shape index (κ3) is 8.51. The molecule has 0 bridgehead atoms. The number of methoxy groups -OCH3 is 1. The van der Waals surface area contributed by atoms with Crippen LogP contribution < -0.4 is 0 Å². The van der Waals surface area contributed by atoms with Gasteiger partial charge >= 0.3 is 6.09 Å². The van der Waals surface area contributed by atoms with Crippen molar-refractivity contribution < 1.29 is 24.2 Å². The van der Waals surface area contributed by atoms with Crippen molar-refractivity contribution in [3.8, 4) is 11.8 Å². The SMILES string of the molecule is COCCCn1cc(CN(C(=O)[C@H]2CN(C(=O)OC(C)(C)C)CC[C@@H]2c2cccc(C#CCCCO)c2)C2CC2)c2ccccc21. The second-order valence-electron chi connectivity index (χ2n) is 13.6. The van der Waals surface area contributed by atoms with Crippen LogP contribution in [0.15, 0.2) is 54.7 Å². The zero-order valence-corrected chi connectivity index (χ0v) is 27.8. The summed E-state index contributed by atoms with van der Waals surface area (Å²) in [5.74, 6) is 6.01. The lowest BCUT2D eigenvalue weighted by Crippen LogP contribution is -2.51. The smallest absolute Gasteiger partial charge is 0.410 e. The van der Waals surface area contributed by atoms with E-state index in [4.69, 9.17) is 14.6 Å². The summed E-state index contributed by atoms with van der Waals surface area (Å²) in [6.07, 6.45) is 6.67. The Hall–Kier alpha value is -3.80. The van der Waals surface area contributed by atoms with Crippen molar-refractivity contribution in [2.45, 2.75) is 89.9 Å². The quantitative estimate of drug-likeness (QED) is 0.198. The highest BCUT2D eigenvalue weighted by atomic mass is 16.6. The first-order chi connectivity index (χ1) is 22.2. The number of aryl methyl sites for hydroxylation is 1. The molecule has 0 radical (unpaired) electrons. The number of hydrogen-bond donors (Lipinski definition) is 1. The van der Waals surface area contributed by atoms with Crippen molar-refractivity contribution in [3.63, 3.8) is 0 Å². The number of likely N-dealkylation sites (tertiary alicyclic amines) is 1. The molecule has 2 atom stereocenters. The van der Waals surface area contributed by atoms with E-state index in [1.807, 2.05) is 32.9 Å². The summed E-state index contributed by atoms with van der Waals surface area (Å²) in [6.45, 7) is 8.65. The van der Waals surface area contributed by atoms with Crippen molar-refractivity contribution in [2.24, 2.45) is 5.92 Å². The van der Waals surface area contributed by atoms with Crippen LogP contribution in [0.2, 0.25) is 0 Å². The maximum atomic E-state index is 14.8. The molecule has 46 heavy (non-hydrogen) atoms. The zero-order chi connectivity index (χ0) is 32.7. The molecule has 1 saturated heterocycles. The Bertz CT molecular complexity index is 1560. The molecule has 8 nitrogen and oxygen atoms in total. The minimum absolute atomic E-state index is 0.0537. The van der Waals surface area contributed by atoms with Gasteiger partial charge in [-0.15, -0.1) is 0 Å². The minimum Gasteiger partial charge on any atom is -0.444 e. The van der Waals surface area contributed by atoms with Crippen molar-refractivity contribution in [1.29, 1.82) is 0 Å². The molecule has 0 spiro atoms. The highest BCUT2D eigenvalue weighted by Crippen LogP contribution is 2.39. The number of benzene rings is 2. The Morgan fingerprint density at radius 3 is 2.61 bits per heavy atom.